The fourth-order valence-corrected chi connectivity index (χ4v) is 3.51. The topological polar surface area (TPSA) is 50.9 Å². The number of aromatic nitrogens is 1. The van der Waals surface area contributed by atoms with Crippen molar-refractivity contribution in [3.8, 4) is 0 Å². The fourth-order valence-electron chi connectivity index (χ4n) is 1.85. The number of aryl methyl sites for hydroxylation is 2. The number of nitrogen functional groups attached to an aromatic ring is 1. The monoisotopic (exact) mass is 267 g/mol. The van der Waals surface area contributed by atoms with Crippen LogP contribution in [0.3, 0.4) is 0 Å². The molecule has 0 saturated heterocycles. The Bertz CT molecular complexity index is 502. The van der Waals surface area contributed by atoms with Crippen molar-refractivity contribution in [3.63, 3.8) is 0 Å². The van der Waals surface area contributed by atoms with Gasteiger partial charge < -0.3 is 11.1 Å². The van der Waals surface area contributed by atoms with E-state index in [0.717, 1.165) is 6.54 Å². The van der Waals surface area contributed by atoms with Crippen LogP contribution in [0, 0.1) is 13.8 Å². The SMILES string of the molecule is Cc1cc(C(C)NCc2cnc(N)s2)c(C)s1. The summed E-state index contributed by atoms with van der Waals surface area (Å²) in [6.07, 6.45) is 1.84. The van der Waals surface area contributed by atoms with Gasteiger partial charge >= 0.3 is 0 Å². The standard InChI is InChI=1S/C12H17N3S2/c1-7-4-11(9(3)16-7)8(2)14-5-10-6-15-12(13)17-10/h4,6,8,14H,5H2,1-3H3,(H2,13,15). The van der Waals surface area contributed by atoms with E-state index in [1.165, 1.54) is 20.2 Å². The minimum absolute atomic E-state index is 0.364. The summed E-state index contributed by atoms with van der Waals surface area (Å²) in [6.45, 7) is 7.34. The molecule has 0 saturated carbocycles. The molecular formula is C12H17N3S2. The van der Waals surface area contributed by atoms with Crippen LogP contribution in [0.15, 0.2) is 12.3 Å². The highest BCUT2D eigenvalue weighted by Crippen LogP contribution is 2.26. The van der Waals surface area contributed by atoms with Gasteiger partial charge in [-0.25, -0.2) is 4.98 Å². The van der Waals surface area contributed by atoms with Gasteiger partial charge in [-0.3, -0.25) is 0 Å². The van der Waals surface area contributed by atoms with Crippen molar-refractivity contribution in [2.75, 3.05) is 5.73 Å². The van der Waals surface area contributed by atoms with E-state index in [2.05, 4.69) is 37.1 Å². The van der Waals surface area contributed by atoms with Crippen LogP contribution in [0.1, 0.15) is 33.2 Å². The zero-order chi connectivity index (χ0) is 12.4. The lowest BCUT2D eigenvalue weighted by Crippen LogP contribution is -2.17. The summed E-state index contributed by atoms with van der Waals surface area (Å²) in [7, 11) is 0. The molecule has 3 nitrogen and oxygen atoms in total. The van der Waals surface area contributed by atoms with E-state index in [-0.39, 0.29) is 0 Å². The molecule has 0 aliphatic heterocycles. The number of hydrogen-bond acceptors (Lipinski definition) is 5. The zero-order valence-electron chi connectivity index (χ0n) is 10.3. The summed E-state index contributed by atoms with van der Waals surface area (Å²) >= 11 is 3.39. The third-order valence-corrected chi connectivity index (χ3v) is 4.51. The first-order valence-corrected chi connectivity index (χ1v) is 7.20. The van der Waals surface area contributed by atoms with E-state index in [0.29, 0.717) is 11.2 Å². The Labute approximate surface area is 110 Å². The van der Waals surface area contributed by atoms with Crippen molar-refractivity contribution in [1.82, 2.24) is 10.3 Å². The lowest BCUT2D eigenvalue weighted by Gasteiger charge is -2.12. The van der Waals surface area contributed by atoms with Crippen molar-refractivity contribution in [3.05, 3.63) is 32.5 Å². The molecule has 3 N–H and O–H groups in total. The average Bonchev–Trinajstić information content (AvgIpc) is 2.81. The van der Waals surface area contributed by atoms with Gasteiger partial charge in [0.15, 0.2) is 5.13 Å². The number of anilines is 1. The maximum Gasteiger partial charge on any atom is 0.180 e. The van der Waals surface area contributed by atoms with Gasteiger partial charge in [-0.1, -0.05) is 0 Å². The van der Waals surface area contributed by atoms with E-state index in [1.807, 2.05) is 17.5 Å². The number of nitrogens with two attached hydrogens (primary N) is 1. The van der Waals surface area contributed by atoms with Crippen molar-refractivity contribution in [2.45, 2.75) is 33.4 Å². The molecule has 0 bridgehead atoms. The number of nitrogens with one attached hydrogen (secondary N) is 1. The van der Waals surface area contributed by atoms with Gasteiger partial charge in [0.05, 0.1) is 0 Å². The molecule has 2 heterocycles. The molecule has 2 rings (SSSR count). The number of thiazole rings is 1. The Balaban J connectivity index is 1.97. The highest BCUT2D eigenvalue weighted by atomic mass is 32.1. The minimum Gasteiger partial charge on any atom is -0.375 e. The summed E-state index contributed by atoms with van der Waals surface area (Å²) < 4.78 is 0. The Morgan fingerprint density at radius 1 is 1.41 bits per heavy atom. The molecule has 92 valence electrons. The van der Waals surface area contributed by atoms with Crippen molar-refractivity contribution in [2.24, 2.45) is 0 Å². The van der Waals surface area contributed by atoms with Gasteiger partial charge in [-0.05, 0) is 32.4 Å². The van der Waals surface area contributed by atoms with Crippen LogP contribution >= 0.6 is 22.7 Å². The summed E-state index contributed by atoms with van der Waals surface area (Å²) in [5.74, 6) is 0. The Morgan fingerprint density at radius 2 is 2.18 bits per heavy atom. The maximum atomic E-state index is 5.60. The number of hydrogen-bond donors (Lipinski definition) is 2. The predicted octanol–water partition coefficient (Wildman–Crippen LogP) is 3.25. The summed E-state index contributed by atoms with van der Waals surface area (Å²) in [6, 6.07) is 2.63. The molecule has 0 amide bonds. The molecule has 0 fully saturated rings. The number of rotatable bonds is 4. The first-order chi connectivity index (χ1) is 8.06. The van der Waals surface area contributed by atoms with Crippen LogP contribution < -0.4 is 11.1 Å². The van der Waals surface area contributed by atoms with Gasteiger partial charge in [-0.2, -0.15) is 0 Å². The van der Waals surface area contributed by atoms with Gasteiger partial charge in [0, 0.05) is 33.4 Å². The largest absolute Gasteiger partial charge is 0.375 e. The van der Waals surface area contributed by atoms with Crippen LogP contribution in [0.5, 0.6) is 0 Å². The third-order valence-electron chi connectivity index (χ3n) is 2.70. The normalized spacial score (nSPS) is 12.9. The minimum atomic E-state index is 0.364. The lowest BCUT2D eigenvalue weighted by molar-refractivity contribution is 0.578. The van der Waals surface area contributed by atoms with E-state index in [9.17, 15) is 0 Å². The van der Waals surface area contributed by atoms with Crippen LogP contribution in [0.2, 0.25) is 0 Å². The first kappa shape index (κ1) is 12.5. The molecule has 0 aliphatic carbocycles. The molecule has 2 aromatic heterocycles. The molecule has 2 aromatic rings. The molecular weight excluding hydrogens is 250 g/mol. The second kappa shape index (κ2) is 5.16. The van der Waals surface area contributed by atoms with Crippen LogP contribution in [0.25, 0.3) is 0 Å². The average molecular weight is 267 g/mol. The molecule has 5 heteroatoms. The van der Waals surface area contributed by atoms with Crippen molar-refractivity contribution < 1.29 is 0 Å². The second-order valence-electron chi connectivity index (χ2n) is 4.14. The molecule has 0 spiro atoms. The van der Waals surface area contributed by atoms with Crippen LogP contribution in [-0.4, -0.2) is 4.98 Å². The van der Waals surface area contributed by atoms with Crippen LogP contribution in [0.4, 0.5) is 5.13 Å². The number of nitrogens with zero attached hydrogens (tertiary/aromatic N) is 1. The fraction of sp³-hybridized carbons (Fsp3) is 0.417. The number of thiophene rings is 1. The third kappa shape index (κ3) is 3.06. The van der Waals surface area contributed by atoms with E-state index in [1.54, 1.807) is 11.3 Å². The van der Waals surface area contributed by atoms with Gasteiger partial charge in [-0.15, -0.1) is 22.7 Å². The molecule has 1 atom stereocenters. The quantitative estimate of drug-likeness (QED) is 0.894. The first-order valence-electron chi connectivity index (χ1n) is 5.56. The van der Waals surface area contributed by atoms with Crippen LogP contribution in [-0.2, 0) is 6.54 Å². The van der Waals surface area contributed by atoms with Crippen molar-refractivity contribution in [1.29, 1.82) is 0 Å². The van der Waals surface area contributed by atoms with E-state index in [4.69, 9.17) is 5.73 Å². The van der Waals surface area contributed by atoms with E-state index >= 15 is 0 Å². The Morgan fingerprint density at radius 3 is 2.71 bits per heavy atom. The summed E-state index contributed by atoms with van der Waals surface area (Å²) in [5, 5.41) is 4.14. The highest BCUT2D eigenvalue weighted by Gasteiger charge is 2.11. The zero-order valence-corrected chi connectivity index (χ0v) is 11.9. The summed E-state index contributed by atoms with van der Waals surface area (Å²) in [4.78, 5) is 7.99. The second-order valence-corrected chi connectivity index (χ2v) is 6.74. The van der Waals surface area contributed by atoms with E-state index < -0.39 is 0 Å². The predicted molar refractivity (Wildman–Crippen MR) is 75.6 cm³/mol. The van der Waals surface area contributed by atoms with Gasteiger partial charge in [0.2, 0.25) is 0 Å². The van der Waals surface area contributed by atoms with Gasteiger partial charge in [0.1, 0.15) is 0 Å². The Kier molecular flexibility index (Phi) is 3.81. The molecule has 0 aliphatic rings. The molecule has 0 radical (unpaired) electrons. The Hall–Kier alpha value is -0.910. The van der Waals surface area contributed by atoms with Gasteiger partial charge in [0.25, 0.3) is 0 Å². The molecule has 0 aromatic carbocycles. The molecule has 17 heavy (non-hydrogen) atoms. The smallest absolute Gasteiger partial charge is 0.180 e. The van der Waals surface area contributed by atoms with Crippen molar-refractivity contribution >= 4 is 27.8 Å². The lowest BCUT2D eigenvalue weighted by atomic mass is 10.1. The highest BCUT2D eigenvalue weighted by molar-refractivity contribution is 7.15. The summed E-state index contributed by atoms with van der Waals surface area (Å²) in [5.41, 5.74) is 7.00. The maximum absolute atomic E-state index is 5.60. The molecule has 1 unspecified atom stereocenters.